The maximum atomic E-state index is 13.6. The molecule has 1 amide bonds. The van der Waals surface area contributed by atoms with Crippen LogP contribution >= 0.6 is 0 Å². The summed E-state index contributed by atoms with van der Waals surface area (Å²) < 4.78 is 21.5. The molecule has 6 nitrogen and oxygen atoms in total. The van der Waals surface area contributed by atoms with Crippen molar-refractivity contribution in [3.63, 3.8) is 0 Å². The maximum Gasteiger partial charge on any atom is 0.254 e. The molecule has 1 saturated carbocycles. The highest BCUT2D eigenvalue weighted by Gasteiger charge is 2.33. The van der Waals surface area contributed by atoms with Crippen molar-refractivity contribution in [2.75, 3.05) is 6.54 Å². The second kappa shape index (κ2) is 9.08. The fraction of sp³-hybridized carbons (Fsp3) is 0.385. The molecule has 3 aromatic rings. The van der Waals surface area contributed by atoms with Crippen LogP contribution in [0.5, 0.6) is 0 Å². The predicted molar refractivity (Wildman–Crippen MR) is 124 cm³/mol. The minimum absolute atomic E-state index is 0.0260. The number of aryl methyl sites for hydroxylation is 1. The molecule has 172 valence electrons. The first-order chi connectivity index (χ1) is 16.0. The van der Waals surface area contributed by atoms with E-state index in [1.54, 1.807) is 6.07 Å². The molecule has 0 spiro atoms. The molecule has 0 bridgehead atoms. The Morgan fingerprint density at radius 2 is 2.09 bits per heavy atom. The van der Waals surface area contributed by atoms with E-state index in [0.29, 0.717) is 37.8 Å². The van der Waals surface area contributed by atoms with Crippen molar-refractivity contribution >= 4 is 5.91 Å². The van der Waals surface area contributed by atoms with Gasteiger partial charge in [0.25, 0.3) is 5.91 Å². The lowest BCUT2D eigenvalue weighted by molar-refractivity contribution is -0.00849. The summed E-state index contributed by atoms with van der Waals surface area (Å²) in [5.41, 5.74) is 11.6. The topological polar surface area (TPSA) is 73.4 Å². The average Bonchev–Trinajstić information content (AvgIpc) is 3.30. The van der Waals surface area contributed by atoms with Crippen molar-refractivity contribution in [3.05, 3.63) is 76.7 Å². The van der Waals surface area contributed by atoms with E-state index in [1.165, 1.54) is 18.6 Å². The van der Waals surface area contributed by atoms with Crippen molar-refractivity contribution in [2.45, 2.75) is 51.0 Å². The van der Waals surface area contributed by atoms with Crippen LogP contribution in [0.3, 0.4) is 0 Å². The number of carbonyl (C=O) groups is 1. The van der Waals surface area contributed by atoms with Crippen molar-refractivity contribution in [3.8, 4) is 11.3 Å². The quantitative estimate of drug-likeness (QED) is 0.569. The van der Waals surface area contributed by atoms with Gasteiger partial charge in [0.1, 0.15) is 5.82 Å². The Balaban J connectivity index is 1.36. The highest BCUT2D eigenvalue weighted by Crippen LogP contribution is 2.32. The Kier molecular flexibility index (Phi) is 6.00. The molecule has 2 heterocycles. The number of aromatic nitrogens is 2. The van der Waals surface area contributed by atoms with E-state index >= 15 is 0 Å². The van der Waals surface area contributed by atoms with E-state index in [-0.39, 0.29) is 17.8 Å². The van der Waals surface area contributed by atoms with Crippen LogP contribution < -0.4 is 5.73 Å². The smallest absolute Gasteiger partial charge is 0.254 e. The zero-order chi connectivity index (χ0) is 22.9. The van der Waals surface area contributed by atoms with Crippen LogP contribution in [0.4, 0.5) is 4.39 Å². The van der Waals surface area contributed by atoms with Gasteiger partial charge >= 0.3 is 0 Å². The Morgan fingerprint density at radius 1 is 1.24 bits per heavy atom. The Hall–Kier alpha value is -3.03. The third-order valence-electron chi connectivity index (χ3n) is 6.83. The van der Waals surface area contributed by atoms with E-state index in [1.807, 2.05) is 41.0 Å². The minimum Gasteiger partial charge on any atom is -0.373 e. The number of nitrogens with zero attached hydrogens (tertiary/aromatic N) is 3. The number of amides is 1. The molecule has 1 atom stereocenters. The summed E-state index contributed by atoms with van der Waals surface area (Å²) in [7, 11) is 1.93. The number of benzene rings is 2. The number of rotatable bonds is 8. The molecule has 0 saturated heterocycles. The van der Waals surface area contributed by atoms with E-state index in [2.05, 4.69) is 11.2 Å². The average molecular weight is 449 g/mol. The second-order valence-electron chi connectivity index (χ2n) is 9.03. The molecule has 2 aliphatic rings. The van der Waals surface area contributed by atoms with Gasteiger partial charge in [-0.25, -0.2) is 4.39 Å². The molecule has 2 aromatic carbocycles. The zero-order valence-corrected chi connectivity index (χ0v) is 18.8. The molecule has 33 heavy (non-hydrogen) atoms. The van der Waals surface area contributed by atoms with Crippen molar-refractivity contribution < 1.29 is 13.9 Å². The maximum absolute atomic E-state index is 13.6. The summed E-state index contributed by atoms with van der Waals surface area (Å²) in [4.78, 5) is 15.0. The van der Waals surface area contributed by atoms with Crippen molar-refractivity contribution in [1.82, 2.24) is 14.7 Å². The number of halogens is 1. The molecule has 1 aliphatic carbocycles. The Morgan fingerprint density at radius 3 is 2.82 bits per heavy atom. The van der Waals surface area contributed by atoms with Gasteiger partial charge < -0.3 is 15.4 Å². The van der Waals surface area contributed by atoms with Crippen molar-refractivity contribution in [1.29, 1.82) is 0 Å². The van der Waals surface area contributed by atoms with E-state index in [9.17, 15) is 9.18 Å². The lowest BCUT2D eigenvalue weighted by atomic mass is 9.96. The summed E-state index contributed by atoms with van der Waals surface area (Å²) in [6.45, 7) is 1.34. The molecule has 5 rings (SSSR count). The number of hydrogen-bond donors (Lipinski definition) is 1. The molecule has 0 unspecified atom stereocenters. The van der Waals surface area contributed by atoms with Crippen LogP contribution in [0.25, 0.3) is 11.3 Å². The lowest BCUT2D eigenvalue weighted by Gasteiger charge is -2.26. The van der Waals surface area contributed by atoms with E-state index in [4.69, 9.17) is 10.5 Å². The third kappa shape index (κ3) is 4.30. The number of ether oxygens (including phenoxy) is 1. The Bertz CT molecular complexity index is 1170. The lowest BCUT2D eigenvalue weighted by Crippen LogP contribution is -2.42. The van der Waals surface area contributed by atoms with Crippen molar-refractivity contribution in [2.24, 2.45) is 12.8 Å². The molecule has 7 heteroatoms. The van der Waals surface area contributed by atoms with Crippen LogP contribution in [-0.2, 0) is 31.4 Å². The van der Waals surface area contributed by atoms with Crippen LogP contribution in [-0.4, -0.2) is 39.3 Å². The number of hydrogen-bond acceptors (Lipinski definition) is 4. The number of carbonyl (C=O) groups excluding carboxylic acids is 1. The first kappa shape index (κ1) is 21.8. The summed E-state index contributed by atoms with van der Waals surface area (Å²) >= 11 is 0. The van der Waals surface area contributed by atoms with E-state index in [0.717, 1.165) is 40.8 Å². The minimum atomic E-state index is -0.280. The summed E-state index contributed by atoms with van der Waals surface area (Å²) in [5.74, 6) is -0.306. The molecule has 0 radical (unpaired) electrons. The summed E-state index contributed by atoms with van der Waals surface area (Å²) in [6, 6.07) is 12.2. The first-order valence-corrected chi connectivity index (χ1v) is 11.5. The van der Waals surface area contributed by atoms with Gasteiger partial charge in [0.05, 0.1) is 24.6 Å². The molecule has 1 aliphatic heterocycles. The monoisotopic (exact) mass is 448 g/mol. The fourth-order valence-electron chi connectivity index (χ4n) is 4.75. The highest BCUT2D eigenvalue weighted by molar-refractivity contribution is 5.99. The number of fused-ring (bicyclic) bond motifs is 1. The van der Waals surface area contributed by atoms with Gasteiger partial charge in [0.2, 0.25) is 0 Å². The SMILES string of the molecule is Cn1ncc(COC2CCC2)c1-c1ccc2c(c1)CN([C@H](CN)Cc1cccc(F)c1)C2=O. The second-order valence-corrected chi connectivity index (χ2v) is 9.03. The van der Waals surface area contributed by atoms with Gasteiger partial charge in [-0.2, -0.15) is 5.10 Å². The third-order valence-corrected chi connectivity index (χ3v) is 6.83. The predicted octanol–water partition coefficient (Wildman–Crippen LogP) is 3.82. The van der Waals surface area contributed by atoms with Gasteiger partial charge in [0.15, 0.2) is 0 Å². The van der Waals surface area contributed by atoms with E-state index < -0.39 is 0 Å². The molecular weight excluding hydrogens is 419 g/mol. The normalized spacial score (nSPS) is 16.7. The molecule has 1 aromatic heterocycles. The fourth-order valence-corrected chi connectivity index (χ4v) is 4.75. The van der Waals surface area contributed by atoms with Gasteiger partial charge in [-0.3, -0.25) is 9.48 Å². The van der Waals surface area contributed by atoms with Crippen LogP contribution in [0.2, 0.25) is 0 Å². The standard InChI is InChI=1S/C26H29FN4O2/c1-30-25(20(14-29-30)16-33-23-6-3-7-23)18-8-9-24-19(12-18)15-31(26(24)32)22(13-28)11-17-4-2-5-21(27)10-17/h2,4-5,8-10,12,14,22-23H,3,6-7,11,13,15-16,28H2,1H3/t22-/m0/s1. The van der Waals surface area contributed by atoms with Gasteiger partial charge in [0, 0.05) is 42.9 Å². The zero-order valence-electron chi connectivity index (χ0n) is 18.8. The highest BCUT2D eigenvalue weighted by atomic mass is 19.1. The van der Waals surface area contributed by atoms with Crippen LogP contribution in [0.1, 0.15) is 46.3 Å². The largest absolute Gasteiger partial charge is 0.373 e. The molecule has 2 N–H and O–H groups in total. The molecular formula is C26H29FN4O2. The molecule has 1 fully saturated rings. The number of nitrogens with two attached hydrogens (primary N) is 1. The first-order valence-electron chi connectivity index (χ1n) is 11.5. The van der Waals surface area contributed by atoms with Gasteiger partial charge in [-0.15, -0.1) is 0 Å². The van der Waals surface area contributed by atoms with Gasteiger partial charge in [-0.1, -0.05) is 18.2 Å². The summed E-state index contributed by atoms with van der Waals surface area (Å²) in [5, 5.41) is 4.45. The van der Waals surface area contributed by atoms with Gasteiger partial charge in [-0.05, 0) is 61.1 Å². The summed E-state index contributed by atoms with van der Waals surface area (Å²) in [6.07, 6.45) is 6.24. The van der Waals surface area contributed by atoms with Crippen LogP contribution in [0, 0.1) is 5.82 Å². The Labute approximate surface area is 193 Å². The van der Waals surface area contributed by atoms with Crippen LogP contribution in [0.15, 0.2) is 48.7 Å².